The van der Waals surface area contributed by atoms with Crippen LogP contribution in [0.4, 0.5) is 14.4 Å². The average molecular weight is 1240 g/mol. The molecule has 0 spiro atoms. The number of aliphatic carboxylic acids is 1. The molecular weight excluding hydrogens is 1140 g/mol. The number of amides is 9. The molecule has 4 aliphatic heterocycles. The highest BCUT2D eigenvalue weighted by atomic mass is 16.7. The van der Waals surface area contributed by atoms with Gasteiger partial charge < -0.3 is 91.9 Å². The quantitative estimate of drug-likeness (QED) is 0.0282. The van der Waals surface area contributed by atoms with E-state index in [0.717, 1.165) is 90.8 Å². The summed E-state index contributed by atoms with van der Waals surface area (Å²) in [4.78, 5) is 126. The number of nitrogens with one attached hydrogen (secondary N) is 10. The van der Waals surface area contributed by atoms with Crippen molar-refractivity contribution < 1.29 is 78.0 Å². The van der Waals surface area contributed by atoms with Gasteiger partial charge in [-0.2, -0.15) is 0 Å². The maximum absolute atomic E-state index is 15.1. The van der Waals surface area contributed by atoms with Crippen LogP contribution in [0.15, 0.2) is 21.9 Å². The van der Waals surface area contributed by atoms with E-state index in [0.29, 0.717) is 19.4 Å². The third kappa shape index (κ3) is 19.8. The maximum atomic E-state index is 15.1. The van der Waals surface area contributed by atoms with E-state index < -0.39 is 156 Å². The number of nitrogens with zero attached hydrogens (tertiary/aromatic N) is 3. The summed E-state index contributed by atoms with van der Waals surface area (Å²) in [6, 6.07) is -8.59. The first kappa shape index (κ1) is 71.3. The average Bonchev–Trinajstić information content (AvgIpc) is 1.64. The molecule has 492 valence electrons. The Hall–Kier alpha value is -6.48. The summed E-state index contributed by atoms with van der Waals surface area (Å²) in [6.07, 6.45) is -4.45. The van der Waals surface area contributed by atoms with E-state index in [1.807, 2.05) is 0 Å². The van der Waals surface area contributed by atoms with E-state index in [-0.39, 0.29) is 51.5 Å². The SMILES string of the molecule is CCCCCCCCNC(=O)NC[C@H]1O[C@H](OC(C2C(=O)N(CCCCCCCC)C(=O)N2CCCNC(=O)C(NC(=O)C(NC(=O)NC(C(=O)O)C(C)C)C2CCNC(=N)N2)C(O)C(C)C)[C@H]2O[C@@H](n3ccc(=O)[nH]c3=O)[C@H](O)[C@@H]2O)[C@H](OC)[C@H]1O. The molecule has 4 fully saturated rings. The highest BCUT2D eigenvalue weighted by molar-refractivity contribution is 6.04. The fourth-order valence-electron chi connectivity index (χ4n) is 11.0. The lowest BCUT2D eigenvalue weighted by atomic mass is 9.97. The summed E-state index contributed by atoms with van der Waals surface area (Å²) in [5.41, 5.74) is -1.80. The summed E-state index contributed by atoms with van der Waals surface area (Å²) in [6.45, 7) is 10.2. The van der Waals surface area contributed by atoms with Crippen molar-refractivity contribution in [2.45, 2.75) is 223 Å². The van der Waals surface area contributed by atoms with E-state index in [9.17, 15) is 63.9 Å². The highest BCUT2D eigenvalue weighted by Crippen LogP contribution is 2.38. The predicted molar refractivity (Wildman–Crippen MR) is 313 cm³/mol. The molecule has 1 aromatic heterocycles. The molecule has 5 heterocycles. The Balaban J connectivity index is 1.43. The van der Waals surface area contributed by atoms with Crippen LogP contribution in [0.25, 0.3) is 0 Å². The Morgan fingerprint density at radius 2 is 1.41 bits per heavy atom. The lowest BCUT2D eigenvalue weighted by Gasteiger charge is -2.36. The molecule has 0 aliphatic carbocycles. The summed E-state index contributed by atoms with van der Waals surface area (Å²) in [7, 11) is 1.25. The second-order valence-corrected chi connectivity index (χ2v) is 23.3. The normalized spacial score (nSPS) is 25.6. The number of guanidine groups is 1. The van der Waals surface area contributed by atoms with Crippen LogP contribution in [-0.4, -0.2) is 224 Å². The zero-order valence-electron chi connectivity index (χ0n) is 51.0. The second kappa shape index (κ2) is 34.9. The number of aromatic amines is 1. The minimum absolute atomic E-state index is 0.0573. The first-order valence-electron chi connectivity index (χ1n) is 30.6. The van der Waals surface area contributed by atoms with Gasteiger partial charge in [0.05, 0.1) is 12.1 Å². The molecule has 15 N–H and O–H groups in total. The molecule has 31 nitrogen and oxygen atoms in total. The number of imide groups is 1. The molecule has 31 heteroatoms. The summed E-state index contributed by atoms with van der Waals surface area (Å²) >= 11 is 0. The monoisotopic (exact) mass is 1240 g/mol. The van der Waals surface area contributed by atoms with Crippen molar-refractivity contribution in [3.8, 4) is 0 Å². The van der Waals surface area contributed by atoms with Gasteiger partial charge in [0.15, 0.2) is 18.5 Å². The van der Waals surface area contributed by atoms with Crippen molar-refractivity contribution in [2.75, 3.05) is 46.4 Å². The van der Waals surface area contributed by atoms with Crippen LogP contribution in [-0.2, 0) is 38.1 Å². The number of carboxylic acids is 1. The molecule has 0 aromatic carbocycles. The van der Waals surface area contributed by atoms with Crippen LogP contribution in [0.1, 0.15) is 138 Å². The predicted octanol–water partition coefficient (Wildman–Crippen LogP) is -1.03. The van der Waals surface area contributed by atoms with Gasteiger partial charge in [-0.25, -0.2) is 24.0 Å². The number of methoxy groups -OCH3 is 1. The molecule has 0 radical (unpaired) electrons. The van der Waals surface area contributed by atoms with Gasteiger partial charge in [0, 0.05) is 58.6 Å². The number of H-pyrrole nitrogens is 1. The number of carbonyl (C=O) groups is 7. The van der Waals surface area contributed by atoms with E-state index in [2.05, 4.69) is 61.4 Å². The Labute approximate surface area is 506 Å². The number of rotatable bonds is 36. The summed E-state index contributed by atoms with van der Waals surface area (Å²) in [5.74, 6) is -5.40. The summed E-state index contributed by atoms with van der Waals surface area (Å²) in [5, 5.41) is 85.3. The Bertz CT molecular complexity index is 2560. The first-order valence-corrected chi connectivity index (χ1v) is 30.6. The number of aromatic nitrogens is 2. The molecule has 0 bridgehead atoms. The van der Waals surface area contributed by atoms with Crippen molar-refractivity contribution >= 4 is 47.7 Å². The van der Waals surface area contributed by atoms with Gasteiger partial charge in [0.2, 0.25) is 11.8 Å². The van der Waals surface area contributed by atoms with Crippen LogP contribution < -0.4 is 53.8 Å². The number of urea groups is 3. The van der Waals surface area contributed by atoms with Crippen LogP contribution in [0.2, 0.25) is 0 Å². The number of aliphatic hydroxyl groups is 4. The topological polar surface area (TPSA) is 439 Å². The van der Waals surface area contributed by atoms with E-state index in [4.69, 9.17) is 24.4 Å². The molecule has 0 saturated carbocycles. The zero-order valence-corrected chi connectivity index (χ0v) is 51.0. The number of unbranched alkanes of at least 4 members (excludes halogenated alkanes) is 10. The zero-order chi connectivity index (χ0) is 64.1. The molecule has 87 heavy (non-hydrogen) atoms. The van der Waals surface area contributed by atoms with E-state index in [1.54, 1.807) is 27.7 Å². The molecular formula is C56H95N13O18. The second-order valence-electron chi connectivity index (χ2n) is 23.3. The molecule has 5 rings (SSSR count). The first-order chi connectivity index (χ1) is 41.4. The number of hydrogen-bond acceptors (Lipinski definition) is 18. The lowest BCUT2D eigenvalue weighted by Crippen LogP contribution is -2.67. The largest absolute Gasteiger partial charge is 0.480 e. The number of aliphatic hydroxyl groups excluding tert-OH is 4. The number of ether oxygens (including phenoxy) is 4. The molecule has 4 saturated heterocycles. The van der Waals surface area contributed by atoms with E-state index >= 15 is 4.79 Å². The standard InChI is InChI=1S/C56H95N13O18/c1-8-10-12-14-16-18-23-60-53(80)61-29-33-40(72)45(84-7)51(85-33)87-43(44-41(73)42(74)49(86-44)69-28-22-34(70)63-55(69)82)38-48(77)68(26-19-17-15-13-11-9-2)56(83)67(38)27-20-24-58-46(75)37(39(71)31(5)6)64-47(76)36(32-21-25-59-52(57)62-32)66-54(81)65-35(30(3)4)50(78)79/h22,28,30-33,35-45,49,51,71-74H,8-21,23-27,29H2,1-7H3,(H,58,75)(H,64,76)(H,78,79)(H3,57,59,62)(H2,60,61,80)(H,63,70,82)(H2,65,66,81)/t32?,33-,35?,36?,37?,38?,39?,40+,41+,42-,43?,44+,45-,49-,51-/m1/s1. The van der Waals surface area contributed by atoms with Crippen LogP contribution in [0, 0.1) is 17.2 Å². The minimum atomic E-state index is -1.97. The van der Waals surface area contributed by atoms with Gasteiger partial charge in [0.25, 0.3) is 11.5 Å². The minimum Gasteiger partial charge on any atom is -0.480 e. The van der Waals surface area contributed by atoms with Gasteiger partial charge >= 0.3 is 29.8 Å². The van der Waals surface area contributed by atoms with Gasteiger partial charge in [-0.1, -0.05) is 106 Å². The van der Waals surface area contributed by atoms with Crippen molar-refractivity contribution in [3.05, 3.63) is 33.1 Å². The summed E-state index contributed by atoms with van der Waals surface area (Å²) < 4.78 is 25.5. The Morgan fingerprint density at radius 3 is 2.03 bits per heavy atom. The molecule has 15 atom stereocenters. The van der Waals surface area contributed by atoms with Gasteiger partial charge in [-0.15, -0.1) is 0 Å². The number of carbonyl (C=O) groups excluding carboxylic acids is 6. The fourth-order valence-corrected chi connectivity index (χ4v) is 11.0. The molecule has 7 unspecified atom stereocenters. The highest BCUT2D eigenvalue weighted by Gasteiger charge is 2.59. The molecule has 4 aliphatic rings. The van der Waals surface area contributed by atoms with Crippen molar-refractivity contribution in [2.24, 2.45) is 11.8 Å². The Morgan fingerprint density at radius 1 is 0.759 bits per heavy atom. The van der Waals surface area contributed by atoms with Gasteiger partial charge in [-0.05, 0) is 37.5 Å². The van der Waals surface area contributed by atoms with Crippen LogP contribution >= 0.6 is 0 Å². The van der Waals surface area contributed by atoms with Crippen LogP contribution in [0.5, 0.6) is 0 Å². The third-order valence-electron chi connectivity index (χ3n) is 16.0. The fraction of sp³-hybridized carbons (Fsp3) is 0.786. The third-order valence-corrected chi connectivity index (χ3v) is 16.0. The number of carboxylic acid groups (broad SMARTS) is 1. The van der Waals surface area contributed by atoms with Crippen molar-refractivity contribution in [1.29, 1.82) is 5.41 Å². The van der Waals surface area contributed by atoms with Crippen molar-refractivity contribution in [1.82, 2.24) is 61.9 Å². The molecule has 1 aromatic rings. The maximum Gasteiger partial charge on any atom is 0.330 e. The van der Waals surface area contributed by atoms with Gasteiger partial charge in [-0.3, -0.25) is 39.0 Å². The van der Waals surface area contributed by atoms with E-state index in [1.165, 1.54) is 7.11 Å². The Kier molecular flexibility index (Phi) is 28.6. The van der Waals surface area contributed by atoms with Crippen LogP contribution in [0.3, 0.4) is 0 Å². The smallest absolute Gasteiger partial charge is 0.330 e. The number of hydrogen-bond donors (Lipinski definition) is 15. The molecule has 9 amide bonds. The van der Waals surface area contributed by atoms with Gasteiger partial charge in [0.1, 0.15) is 66.9 Å². The lowest BCUT2D eigenvalue weighted by molar-refractivity contribution is -0.233. The van der Waals surface area contributed by atoms with Crippen molar-refractivity contribution in [3.63, 3.8) is 0 Å².